The van der Waals surface area contributed by atoms with Crippen molar-refractivity contribution in [3.05, 3.63) is 24.2 Å². The molecule has 0 bridgehead atoms. The van der Waals surface area contributed by atoms with Gasteiger partial charge in [0.05, 0.1) is 12.2 Å². The molecule has 1 fully saturated rings. The largest absolute Gasteiger partial charge is 0.467 e. The summed E-state index contributed by atoms with van der Waals surface area (Å²) in [6.07, 6.45) is 4.54. The summed E-state index contributed by atoms with van der Waals surface area (Å²) in [6, 6.07) is 3.73. The van der Waals surface area contributed by atoms with Crippen LogP contribution in [0.4, 0.5) is 0 Å². The molecule has 2 heterocycles. The lowest BCUT2D eigenvalue weighted by Crippen LogP contribution is -2.40. The minimum atomic E-state index is 0.137. The van der Waals surface area contributed by atoms with Crippen molar-refractivity contribution in [2.45, 2.75) is 25.9 Å². The highest BCUT2D eigenvalue weighted by molar-refractivity contribution is 5.78. The molecule has 1 atom stereocenters. The second-order valence-electron chi connectivity index (χ2n) is 4.82. The lowest BCUT2D eigenvalue weighted by molar-refractivity contribution is -0.125. The predicted octanol–water partition coefficient (Wildman–Crippen LogP) is 1.30. The summed E-state index contributed by atoms with van der Waals surface area (Å²) >= 11 is 0. The topological polar surface area (TPSA) is 63.5 Å². The summed E-state index contributed by atoms with van der Waals surface area (Å²) in [5, 5.41) is 6.21. The molecule has 5 heteroatoms. The van der Waals surface area contributed by atoms with E-state index in [0.29, 0.717) is 19.8 Å². The number of ether oxygens (including phenoxy) is 1. The van der Waals surface area contributed by atoms with E-state index in [4.69, 9.17) is 9.15 Å². The van der Waals surface area contributed by atoms with Crippen molar-refractivity contribution < 1.29 is 13.9 Å². The lowest BCUT2D eigenvalue weighted by Gasteiger charge is -2.21. The van der Waals surface area contributed by atoms with Gasteiger partial charge in [0.15, 0.2) is 0 Å². The fraction of sp³-hybridized carbons (Fsp3) is 0.643. The quantitative estimate of drug-likeness (QED) is 0.730. The number of rotatable bonds is 7. The summed E-state index contributed by atoms with van der Waals surface area (Å²) in [6.45, 7) is 3.64. The molecule has 0 radical (unpaired) electrons. The minimum absolute atomic E-state index is 0.137. The molecule has 0 aromatic carbocycles. The molecule has 1 aromatic rings. The van der Waals surface area contributed by atoms with E-state index in [-0.39, 0.29) is 11.8 Å². The predicted molar refractivity (Wildman–Crippen MR) is 71.6 cm³/mol. The Morgan fingerprint density at radius 1 is 1.58 bits per heavy atom. The average molecular weight is 266 g/mol. The van der Waals surface area contributed by atoms with Crippen molar-refractivity contribution in [3.63, 3.8) is 0 Å². The van der Waals surface area contributed by atoms with Gasteiger partial charge in [-0.15, -0.1) is 0 Å². The lowest BCUT2D eigenvalue weighted by atomic mass is 9.99. The molecule has 0 saturated carbocycles. The van der Waals surface area contributed by atoms with Crippen LogP contribution < -0.4 is 10.6 Å². The van der Waals surface area contributed by atoms with Gasteiger partial charge in [0.2, 0.25) is 5.91 Å². The Kier molecular flexibility index (Phi) is 5.91. The second-order valence-corrected chi connectivity index (χ2v) is 4.82. The zero-order valence-electron chi connectivity index (χ0n) is 11.2. The van der Waals surface area contributed by atoms with E-state index in [9.17, 15) is 4.79 Å². The number of amides is 1. The Labute approximate surface area is 113 Å². The van der Waals surface area contributed by atoms with Gasteiger partial charge >= 0.3 is 0 Å². The third-order valence-corrected chi connectivity index (χ3v) is 3.26. The summed E-state index contributed by atoms with van der Waals surface area (Å²) in [7, 11) is 0. The van der Waals surface area contributed by atoms with E-state index in [1.165, 1.54) is 0 Å². The van der Waals surface area contributed by atoms with Gasteiger partial charge in [-0.25, -0.2) is 0 Å². The highest BCUT2D eigenvalue weighted by Gasteiger charge is 2.19. The SMILES string of the molecule is O=C(NCCCOCc1ccco1)[C@@H]1CCCNC1. The normalized spacial score (nSPS) is 19.3. The first-order valence-electron chi connectivity index (χ1n) is 6.95. The van der Waals surface area contributed by atoms with E-state index in [1.54, 1.807) is 6.26 Å². The number of furan rings is 1. The van der Waals surface area contributed by atoms with E-state index in [0.717, 1.165) is 38.1 Å². The van der Waals surface area contributed by atoms with Gasteiger partial charge in [-0.2, -0.15) is 0 Å². The Morgan fingerprint density at radius 3 is 3.26 bits per heavy atom. The molecule has 2 rings (SSSR count). The number of nitrogens with one attached hydrogen (secondary N) is 2. The first-order chi connectivity index (χ1) is 9.36. The van der Waals surface area contributed by atoms with Crippen LogP contribution in [0.2, 0.25) is 0 Å². The van der Waals surface area contributed by atoms with Crippen LogP contribution in [0.5, 0.6) is 0 Å². The highest BCUT2D eigenvalue weighted by Crippen LogP contribution is 2.09. The Hall–Kier alpha value is -1.33. The summed E-state index contributed by atoms with van der Waals surface area (Å²) < 4.78 is 10.6. The van der Waals surface area contributed by atoms with Crippen LogP contribution in [0.15, 0.2) is 22.8 Å². The molecule has 5 nitrogen and oxygen atoms in total. The van der Waals surface area contributed by atoms with Gasteiger partial charge in [0.1, 0.15) is 12.4 Å². The number of carbonyl (C=O) groups is 1. The fourth-order valence-electron chi connectivity index (χ4n) is 2.17. The molecule has 1 aliphatic rings. The van der Waals surface area contributed by atoms with Gasteiger partial charge in [-0.05, 0) is 37.9 Å². The van der Waals surface area contributed by atoms with Gasteiger partial charge < -0.3 is 19.8 Å². The van der Waals surface area contributed by atoms with Crippen LogP contribution in [-0.4, -0.2) is 32.1 Å². The molecule has 1 saturated heterocycles. The van der Waals surface area contributed by atoms with Crippen LogP contribution in [0.1, 0.15) is 25.0 Å². The molecular weight excluding hydrogens is 244 g/mol. The summed E-state index contributed by atoms with van der Waals surface area (Å²) in [4.78, 5) is 11.8. The zero-order valence-corrected chi connectivity index (χ0v) is 11.2. The molecule has 1 aliphatic heterocycles. The monoisotopic (exact) mass is 266 g/mol. The number of carbonyl (C=O) groups excluding carboxylic acids is 1. The Bertz CT molecular complexity index is 359. The zero-order chi connectivity index (χ0) is 13.3. The second kappa shape index (κ2) is 7.96. The van der Waals surface area contributed by atoms with Gasteiger partial charge in [0.25, 0.3) is 0 Å². The maximum absolute atomic E-state index is 11.8. The highest BCUT2D eigenvalue weighted by atomic mass is 16.5. The number of hydrogen-bond acceptors (Lipinski definition) is 4. The fourth-order valence-corrected chi connectivity index (χ4v) is 2.17. The van der Waals surface area contributed by atoms with Crippen LogP contribution in [0, 0.1) is 5.92 Å². The van der Waals surface area contributed by atoms with Crippen molar-refractivity contribution in [1.82, 2.24) is 10.6 Å². The average Bonchev–Trinajstić information content (AvgIpc) is 2.96. The van der Waals surface area contributed by atoms with Crippen molar-refractivity contribution in [2.24, 2.45) is 5.92 Å². The molecule has 0 unspecified atom stereocenters. The van der Waals surface area contributed by atoms with Crippen LogP contribution in [0.25, 0.3) is 0 Å². The Balaban J connectivity index is 1.48. The third-order valence-electron chi connectivity index (χ3n) is 3.26. The van der Waals surface area contributed by atoms with Crippen LogP contribution >= 0.6 is 0 Å². The smallest absolute Gasteiger partial charge is 0.224 e. The maximum Gasteiger partial charge on any atom is 0.224 e. The molecule has 0 aliphatic carbocycles. The van der Waals surface area contributed by atoms with Crippen LogP contribution in [0.3, 0.4) is 0 Å². The minimum Gasteiger partial charge on any atom is -0.467 e. The van der Waals surface area contributed by atoms with Crippen molar-refractivity contribution in [2.75, 3.05) is 26.2 Å². The first-order valence-corrected chi connectivity index (χ1v) is 6.95. The van der Waals surface area contributed by atoms with Crippen molar-refractivity contribution >= 4 is 5.91 Å². The summed E-state index contributed by atoms with van der Waals surface area (Å²) in [5.74, 6) is 1.13. The number of hydrogen-bond donors (Lipinski definition) is 2. The molecule has 1 aromatic heterocycles. The summed E-state index contributed by atoms with van der Waals surface area (Å²) in [5.41, 5.74) is 0. The standard InChI is InChI=1S/C14H22N2O3/c17-14(12-4-1-6-15-10-12)16-7-3-8-18-11-13-5-2-9-19-13/h2,5,9,12,15H,1,3-4,6-8,10-11H2,(H,16,17)/t12-/m1/s1. The molecule has 0 spiro atoms. The molecule has 1 amide bonds. The number of piperidine rings is 1. The molecule has 19 heavy (non-hydrogen) atoms. The maximum atomic E-state index is 11.8. The van der Waals surface area contributed by atoms with E-state index in [1.807, 2.05) is 12.1 Å². The van der Waals surface area contributed by atoms with E-state index < -0.39 is 0 Å². The van der Waals surface area contributed by atoms with Crippen molar-refractivity contribution in [3.8, 4) is 0 Å². The first kappa shape index (κ1) is 14.1. The van der Waals surface area contributed by atoms with E-state index in [2.05, 4.69) is 10.6 Å². The van der Waals surface area contributed by atoms with Gasteiger partial charge in [0, 0.05) is 19.7 Å². The van der Waals surface area contributed by atoms with Gasteiger partial charge in [-0.3, -0.25) is 4.79 Å². The van der Waals surface area contributed by atoms with Gasteiger partial charge in [-0.1, -0.05) is 0 Å². The third kappa shape index (κ3) is 5.04. The molecule has 2 N–H and O–H groups in total. The molecule has 106 valence electrons. The Morgan fingerprint density at radius 2 is 2.53 bits per heavy atom. The molecular formula is C14H22N2O3. The van der Waals surface area contributed by atoms with Crippen LogP contribution in [-0.2, 0) is 16.1 Å². The van der Waals surface area contributed by atoms with Crippen molar-refractivity contribution in [1.29, 1.82) is 0 Å². The van der Waals surface area contributed by atoms with E-state index >= 15 is 0 Å².